The maximum atomic E-state index is 11.2. The summed E-state index contributed by atoms with van der Waals surface area (Å²) >= 11 is 0. The van der Waals surface area contributed by atoms with E-state index in [1.54, 1.807) is 6.92 Å². The van der Waals surface area contributed by atoms with E-state index in [1.165, 1.54) is 24.8 Å². The standard InChI is InChI=1S/C15H22O3.C13H26O2.C11H21NO3/c1-5-17-14(16)11-18-13-8-6-7-12(9-13)10-15(2,3)4;1-5-15-12(14)10-8-6-7-9-11-13(2,3)4;1-11(2,3)7-5-4-6-9(13)12-8-10(14)15/h6-9H,5,10-11H2,1-4H3;5-11H2,1-4H3;4-8H2,1-3H3,(H,12,13)(H,14,15). The van der Waals surface area contributed by atoms with E-state index in [1.807, 2.05) is 25.1 Å². The van der Waals surface area contributed by atoms with Gasteiger partial charge in [0.05, 0.1) is 13.2 Å². The first-order valence-electron chi connectivity index (χ1n) is 17.7. The van der Waals surface area contributed by atoms with E-state index in [0.717, 1.165) is 38.5 Å². The number of ether oxygens (including phenoxy) is 3. The van der Waals surface area contributed by atoms with Gasteiger partial charge in [0.25, 0.3) is 0 Å². The summed E-state index contributed by atoms with van der Waals surface area (Å²) in [6.07, 6.45) is 10.8. The van der Waals surface area contributed by atoms with Crippen molar-refractivity contribution >= 4 is 23.8 Å². The Kier molecular flexibility index (Phi) is 25.3. The molecule has 1 rings (SSSR count). The number of aliphatic carboxylic acids is 1. The molecule has 0 radical (unpaired) electrons. The summed E-state index contributed by atoms with van der Waals surface area (Å²) < 4.78 is 15.1. The van der Waals surface area contributed by atoms with E-state index < -0.39 is 5.97 Å². The van der Waals surface area contributed by atoms with Crippen LogP contribution in [-0.2, 0) is 35.1 Å². The third-order valence-corrected chi connectivity index (χ3v) is 6.68. The molecule has 0 aromatic heterocycles. The number of carbonyl (C=O) groups is 4. The van der Waals surface area contributed by atoms with Crippen molar-refractivity contribution < 1.29 is 38.5 Å². The molecular weight excluding hydrogens is 610 g/mol. The van der Waals surface area contributed by atoms with E-state index in [0.29, 0.717) is 42.6 Å². The van der Waals surface area contributed by atoms with Crippen molar-refractivity contribution in [2.45, 2.75) is 147 Å². The average molecular weight is 680 g/mol. The first kappa shape index (κ1) is 47.0. The highest BCUT2D eigenvalue weighted by Gasteiger charge is 2.13. The van der Waals surface area contributed by atoms with Crippen molar-refractivity contribution in [3.05, 3.63) is 29.8 Å². The van der Waals surface area contributed by atoms with Gasteiger partial charge in [-0.15, -0.1) is 0 Å². The minimum Gasteiger partial charge on any atom is -0.482 e. The fraction of sp³-hybridized carbons (Fsp3) is 0.744. The SMILES string of the molecule is CC(C)(C)CCCCC(=O)NCC(=O)O.CCOC(=O)CCCCCCC(C)(C)C.CCOC(=O)COc1cccc(CC(C)(C)C)c1. The van der Waals surface area contributed by atoms with Gasteiger partial charge >= 0.3 is 17.9 Å². The molecule has 0 aliphatic carbocycles. The van der Waals surface area contributed by atoms with Crippen molar-refractivity contribution in [3.8, 4) is 5.75 Å². The number of unbranched alkanes of at least 4 members (excludes halogenated alkanes) is 4. The Morgan fingerprint density at radius 1 is 0.688 bits per heavy atom. The third-order valence-electron chi connectivity index (χ3n) is 6.68. The van der Waals surface area contributed by atoms with Crippen LogP contribution in [0.3, 0.4) is 0 Å². The molecule has 0 bridgehead atoms. The Bertz CT molecular complexity index is 1030. The Balaban J connectivity index is 0. The van der Waals surface area contributed by atoms with Gasteiger partial charge in [-0.2, -0.15) is 0 Å². The zero-order chi connectivity index (χ0) is 37.2. The lowest BCUT2D eigenvalue weighted by atomic mass is 9.88. The number of benzene rings is 1. The molecule has 0 saturated carbocycles. The summed E-state index contributed by atoms with van der Waals surface area (Å²) in [6.45, 7) is 24.1. The minimum absolute atomic E-state index is 0.0349. The number of hydrogen-bond donors (Lipinski definition) is 2. The smallest absolute Gasteiger partial charge is 0.344 e. The number of esters is 2. The maximum Gasteiger partial charge on any atom is 0.344 e. The lowest BCUT2D eigenvalue weighted by Gasteiger charge is -2.18. The van der Waals surface area contributed by atoms with E-state index in [9.17, 15) is 19.2 Å². The van der Waals surface area contributed by atoms with E-state index in [2.05, 4.69) is 73.7 Å². The molecule has 9 nitrogen and oxygen atoms in total. The summed E-state index contributed by atoms with van der Waals surface area (Å²) in [5.74, 6) is -0.846. The summed E-state index contributed by atoms with van der Waals surface area (Å²) in [4.78, 5) is 43.4. The lowest BCUT2D eigenvalue weighted by molar-refractivity contribution is -0.145. The summed E-state index contributed by atoms with van der Waals surface area (Å²) in [5.41, 5.74) is 2.20. The number of carboxylic acid groups (broad SMARTS) is 1. The summed E-state index contributed by atoms with van der Waals surface area (Å²) in [5, 5.41) is 10.7. The third kappa shape index (κ3) is 35.7. The monoisotopic (exact) mass is 680 g/mol. The van der Waals surface area contributed by atoms with Gasteiger partial charge in [-0.25, -0.2) is 4.79 Å². The number of carboxylic acids is 1. The van der Waals surface area contributed by atoms with Crippen molar-refractivity contribution in [2.24, 2.45) is 16.2 Å². The molecule has 1 aromatic rings. The zero-order valence-electron chi connectivity index (χ0n) is 32.2. The van der Waals surface area contributed by atoms with Gasteiger partial charge in [0.15, 0.2) is 6.61 Å². The molecular formula is C39H69NO8. The first-order valence-corrected chi connectivity index (χ1v) is 17.7. The number of carbonyl (C=O) groups excluding carboxylic acids is 3. The predicted octanol–water partition coefficient (Wildman–Crippen LogP) is 8.95. The quantitative estimate of drug-likeness (QED) is 0.116. The molecule has 1 aromatic carbocycles. The molecule has 0 saturated heterocycles. The van der Waals surface area contributed by atoms with E-state index >= 15 is 0 Å². The van der Waals surface area contributed by atoms with Crippen LogP contribution >= 0.6 is 0 Å². The molecule has 2 N–H and O–H groups in total. The molecule has 0 spiro atoms. The topological polar surface area (TPSA) is 128 Å². The molecule has 9 heteroatoms. The van der Waals surface area contributed by atoms with Crippen LogP contribution in [0.2, 0.25) is 0 Å². The highest BCUT2D eigenvalue weighted by molar-refractivity contribution is 5.81. The van der Waals surface area contributed by atoms with Crippen LogP contribution in [0.15, 0.2) is 24.3 Å². The van der Waals surface area contributed by atoms with E-state index in [4.69, 9.17) is 19.3 Å². The molecule has 0 atom stereocenters. The molecule has 1 amide bonds. The second-order valence-electron chi connectivity index (χ2n) is 15.7. The molecule has 0 aliphatic heterocycles. The van der Waals surface area contributed by atoms with Gasteiger partial charge in [0, 0.05) is 12.8 Å². The normalized spacial score (nSPS) is 11.2. The van der Waals surface area contributed by atoms with Gasteiger partial charge in [0.2, 0.25) is 5.91 Å². The lowest BCUT2D eigenvalue weighted by Crippen LogP contribution is -2.28. The van der Waals surface area contributed by atoms with Crippen molar-refractivity contribution in [2.75, 3.05) is 26.4 Å². The number of nitrogens with one attached hydrogen (secondary N) is 1. The van der Waals surface area contributed by atoms with Crippen LogP contribution in [0.25, 0.3) is 0 Å². The second-order valence-corrected chi connectivity index (χ2v) is 15.7. The van der Waals surface area contributed by atoms with Crippen LogP contribution in [-0.4, -0.2) is 55.3 Å². The number of amides is 1. The maximum absolute atomic E-state index is 11.2. The average Bonchev–Trinajstić information content (AvgIpc) is 2.94. The van der Waals surface area contributed by atoms with Crippen LogP contribution < -0.4 is 10.1 Å². The Morgan fingerprint density at radius 2 is 1.21 bits per heavy atom. The highest BCUT2D eigenvalue weighted by atomic mass is 16.6. The van der Waals surface area contributed by atoms with Crippen LogP contribution in [0.5, 0.6) is 5.75 Å². The summed E-state index contributed by atoms with van der Waals surface area (Å²) in [7, 11) is 0. The molecule has 0 unspecified atom stereocenters. The Morgan fingerprint density at radius 3 is 1.73 bits per heavy atom. The van der Waals surface area contributed by atoms with Gasteiger partial charge in [-0.05, 0) is 79.9 Å². The predicted molar refractivity (Wildman–Crippen MR) is 194 cm³/mol. The molecule has 0 heterocycles. The molecule has 278 valence electrons. The molecule has 0 aliphatic rings. The minimum atomic E-state index is -1.00. The van der Waals surface area contributed by atoms with Crippen LogP contribution in [0.1, 0.15) is 146 Å². The van der Waals surface area contributed by atoms with Gasteiger partial charge < -0.3 is 24.6 Å². The zero-order valence-corrected chi connectivity index (χ0v) is 32.2. The van der Waals surface area contributed by atoms with Crippen molar-refractivity contribution in [1.82, 2.24) is 5.32 Å². The Hall–Kier alpha value is -3.10. The van der Waals surface area contributed by atoms with E-state index in [-0.39, 0.29) is 36.4 Å². The second kappa shape index (κ2) is 25.9. The highest BCUT2D eigenvalue weighted by Crippen LogP contribution is 2.24. The van der Waals surface area contributed by atoms with Crippen molar-refractivity contribution in [1.29, 1.82) is 0 Å². The van der Waals surface area contributed by atoms with Crippen LogP contribution in [0.4, 0.5) is 0 Å². The Labute approximate surface area is 292 Å². The molecule has 48 heavy (non-hydrogen) atoms. The summed E-state index contributed by atoms with van der Waals surface area (Å²) in [6, 6.07) is 7.85. The fourth-order valence-corrected chi connectivity index (χ4v) is 4.42. The van der Waals surface area contributed by atoms with Gasteiger partial charge in [0.1, 0.15) is 12.3 Å². The first-order chi connectivity index (χ1) is 22.2. The number of hydrogen-bond acceptors (Lipinski definition) is 7. The van der Waals surface area contributed by atoms with Crippen LogP contribution in [0, 0.1) is 16.2 Å². The van der Waals surface area contributed by atoms with Gasteiger partial charge in [-0.3, -0.25) is 14.4 Å². The van der Waals surface area contributed by atoms with Gasteiger partial charge in [-0.1, -0.05) is 100 Å². The largest absolute Gasteiger partial charge is 0.482 e. The number of rotatable bonds is 18. The fourth-order valence-electron chi connectivity index (χ4n) is 4.42. The molecule has 0 fully saturated rings. The van der Waals surface area contributed by atoms with Crippen molar-refractivity contribution in [3.63, 3.8) is 0 Å².